The number of hydrogen-bond acceptors (Lipinski definition) is 5. The van der Waals surface area contributed by atoms with Gasteiger partial charge in [-0.1, -0.05) is 35.5 Å². The molecule has 0 bridgehead atoms. The van der Waals surface area contributed by atoms with E-state index in [0.29, 0.717) is 51.0 Å². The minimum Gasteiger partial charge on any atom is -0.383 e. The van der Waals surface area contributed by atoms with Gasteiger partial charge in [-0.25, -0.2) is 9.37 Å². The Labute approximate surface area is 217 Å². The lowest BCUT2D eigenvalue weighted by atomic mass is 10.1. The molecule has 1 amide bonds. The molecule has 3 aromatic carbocycles. The van der Waals surface area contributed by atoms with Crippen molar-refractivity contribution in [3.05, 3.63) is 98.0 Å². The maximum Gasteiger partial charge on any atom is 0.266 e. The first-order valence-corrected chi connectivity index (χ1v) is 12.6. The Bertz CT molecular complexity index is 1470. The van der Waals surface area contributed by atoms with Crippen LogP contribution in [0, 0.1) is 19.7 Å². The average molecular weight is 526 g/mol. The van der Waals surface area contributed by atoms with Gasteiger partial charge in [-0.2, -0.15) is 0 Å². The topological polar surface area (TPSA) is 73.2 Å². The number of carbonyl (C=O) groups is 1. The first kappa shape index (κ1) is 25.9. The Morgan fingerprint density at radius 3 is 2.58 bits per heavy atom. The van der Waals surface area contributed by atoms with Crippen LogP contribution < -0.4 is 10.9 Å². The van der Waals surface area contributed by atoms with Gasteiger partial charge < -0.3 is 10.1 Å². The minimum atomic E-state index is -0.425. The smallest absolute Gasteiger partial charge is 0.266 e. The molecule has 0 fully saturated rings. The third-order valence-corrected chi connectivity index (χ3v) is 6.88. The number of methoxy groups -OCH3 is 1. The molecule has 186 valence electrons. The molecule has 0 saturated heterocycles. The van der Waals surface area contributed by atoms with E-state index in [2.05, 4.69) is 5.32 Å². The fourth-order valence-corrected chi connectivity index (χ4v) is 5.24. The van der Waals surface area contributed by atoms with Crippen molar-refractivity contribution in [3.8, 4) is 5.69 Å². The van der Waals surface area contributed by atoms with Gasteiger partial charge in [0.2, 0.25) is 0 Å². The molecule has 1 aromatic heterocycles. The molecular weight excluding hydrogens is 501 g/mol. The van der Waals surface area contributed by atoms with Crippen molar-refractivity contribution in [1.29, 1.82) is 0 Å². The molecule has 36 heavy (non-hydrogen) atoms. The van der Waals surface area contributed by atoms with E-state index < -0.39 is 5.82 Å². The van der Waals surface area contributed by atoms with Crippen molar-refractivity contribution in [2.24, 2.45) is 0 Å². The Balaban J connectivity index is 1.83. The molecule has 0 unspecified atom stereocenters. The van der Waals surface area contributed by atoms with Gasteiger partial charge in [0.1, 0.15) is 5.82 Å². The molecule has 0 saturated carbocycles. The summed E-state index contributed by atoms with van der Waals surface area (Å²) in [6.07, 6.45) is 0. The molecule has 9 heteroatoms. The summed E-state index contributed by atoms with van der Waals surface area (Å²) < 4.78 is 20.9. The van der Waals surface area contributed by atoms with Gasteiger partial charge in [0, 0.05) is 35.6 Å². The van der Waals surface area contributed by atoms with Crippen molar-refractivity contribution in [1.82, 2.24) is 14.9 Å². The molecule has 0 aliphatic carbocycles. The van der Waals surface area contributed by atoms with Crippen LogP contribution in [0.4, 0.5) is 4.39 Å². The van der Waals surface area contributed by atoms with E-state index in [-0.39, 0.29) is 17.2 Å². The third kappa shape index (κ3) is 5.61. The molecule has 4 rings (SSSR count). The summed E-state index contributed by atoms with van der Waals surface area (Å²) in [4.78, 5) is 31.0. The molecular formula is C27H25ClFN3O3S. The van der Waals surface area contributed by atoms with Gasteiger partial charge >= 0.3 is 0 Å². The number of amides is 1. The fraction of sp³-hybridized carbons (Fsp3) is 0.222. The van der Waals surface area contributed by atoms with Gasteiger partial charge in [-0.3, -0.25) is 14.2 Å². The number of nitrogens with one attached hydrogen (secondary N) is 1. The second-order valence-corrected chi connectivity index (χ2v) is 9.70. The quantitative estimate of drug-likeness (QED) is 0.188. The highest BCUT2D eigenvalue weighted by Gasteiger charge is 2.17. The van der Waals surface area contributed by atoms with Gasteiger partial charge in [-0.15, -0.1) is 0 Å². The van der Waals surface area contributed by atoms with Crippen molar-refractivity contribution in [2.45, 2.75) is 24.8 Å². The zero-order valence-corrected chi connectivity index (χ0v) is 21.7. The summed E-state index contributed by atoms with van der Waals surface area (Å²) in [6, 6.07) is 15.1. The van der Waals surface area contributed by atoms with Crippen LogP contribution in [0.2, 0.25) is 5.02 Å². The molecule has 4 aromatic rings. The lowest BCUT2D eigenvalue weighted by Gasteiger charge is -2.15. The standard InChI is InChI=1S/C27H25ClFN3O3S/c1-16-11-17(2)13-19(12-16)32-26(34)20-8-7-18(25(33)30-9-10-35-3)14-24(20)31-27(32)36-15-21-22(28)5-4-6-23(21)29/h4-8,11-14H,9-10,15H2,1-3H3,(H,30,33). The lowest BCUT2D eigenvalue weighted by molar-refractivity contribution is 0.0937. The normalized spacial score (nSPS) is 11.1. The zero-order chi connectivity index (χ0) is 25.8. The van der Waals surface area contributed by atoms with Crippen LogP contribution in [-0.2, 0) is 10.5 Å². The van der Waals surface area contributed by atoms with E-state index in [9.17, 15) is 14.0 Å². The highest BCUT2D eigenvalue weighted by atomic mass is 35.5. The van der Waals surface area contributed by atoms with Gasteiger partial charge in [0.05, 0.1) is 23.2 Å². The van der Waals surface area contributed by atoms with Crippen molar-refractivity contribution < 1.29 is 13.9 Å². The number of nitrogens with zero attached hydrogens (tertiary/aromatic N) is 2. The summed E-state index contributed by atoms with van der Waals surface area (Å²) in [5.41, 5.74) is 3.46. The predicted octanol–water partition coefficient (Wildman–Crippen LogP) is 5.46. The van der Waals surface area contributed by atoms with Gasteiger partial charge in [0.15, 0.2) is 5.16 Å². The Kier molecular flexibility index (Phi) is 8.08. The summed E-state index contributed by atoms with van der Waals surface area (Å²) >= 11 is 7.44. The third-order valence-electron chi connectivity index (χ3n) is 5.56. The van der Waals surface area contributed by atoms with Crippen LogP contribution in [0.5, 0.6) is 0 Å². The number of aryl methyl sites for hydroxylation is 2. The largest absolute Gasteiger partial charge is 0.383 e. The summed E-state index contributed by atoms with van der Waals surface area (Å²) in [6.45, 7) is 4.66. The van der Waals surface area contributed by atoms with E-state index in [1.54, 1.807) is 37.4 Å². The van der Waals surface area contributed by atoms with Crippen LogP contribution in [0.25, 0.3) is 16.6 Å². The highest BCUT2D eigenvalue weighted by Crippen LogP contribution is 2.30. The van der Waals surface area contributed by atoms with Crippen LogP contribution >= 0.6 is 23.4 Å². The minimum absolute atomic E-state index is 0.172. The van der Waals surface area contributed by atoms with Crippen molar-refractivity contribution in [3.63, 3.8) is 0 Å². The SMILES string of the molecule is COCCNC(=O)c1ccc2c(=O)n(-c3cc(C)cc(C)c3)c(SCc3c(F)cccc3Cl)nc2c1. The second kappa shape index (κ2) is 11.2. The number of ether oxygens (including phenoxy) is 1. The first-order valence-electron chi connectivity index (χ1n) is 11.3. The lowest BCUT2D eigenvalue weighted by Crippen LogP contribution is -2.27. The second-order valence-electron chi connectivity index (χ2n) is 8.35. The number of rotatable bonds is 8. The highest BCUT2D eigenvalue weighted by molar-refractivity contribution is 7.98. The summed E-state index contributed by atoms with van der Waals surface area (Å²) in [7, 11) is 1.56. The molecule has 0 radical (unpaired) electrons. The van der Waals surface area contributed by atoms with E-state index in [1.165, 1.54) is 22.4 Å². The van der Waals surface area contributed by atoms with Crippen LogP contribution in [0.1, 0.15) is 27.0 Å². The van der Waals surface area contributed by atoms with Crippen LogP contribution in [-0.4, -0.2) is 35.7 Å². The van der Waals surface area contributed by atoms with Crippen LogP contribution in [0.15, 0.2) is 64.5 Å². The summed E-state index contributed by atoms with van der Waals surface area (Å²) in [5.74, 6) is -0.543. The van der Waals surface area contributed by atoms with Crippen molar-refractivity contribution >= 4 is 40.2 Å². The van der Waals surface area contributed by atoms with Gasteiger partial charge in [-0.05, 0) is 67.4 Å². The molecule has 1 N–H and O–H groups in total. The molecule has 0 atom stereocenters. The Morgan fingerprint density at radius 1 is 1.14 bits per heavy atom. The summed E-state index contributed by atoms with van der Waals surface area (Å²) in [5, 5.41) is 3.81. The van der Waals surface area contributed by atoms with Crippen molar-refractivity contribution in [2.75, 3.05) is 20.3 Å². The number of carbonyl (C=O) groups excluding carboxylic acids is 1. The van der Waals surface area contributed by atoms with E-state index in [1.807, 2.05) is 32.0 Å². The Hall–Kier alpha value is -3.20. The first-order chi connectivity index (χ1) is 17.3. The number of aromatic nitrogens is 2. The van der Waals surface area contributed by atoms with E-state index >= 15 is 0 Å². The van der Waals surface area contributed by atoms with Crippen LogP contribution in [0.3, 0.4) is 0 Å². The monoisotopic (exact) mass is 525 g/mol. The molecule has 0 aliphatic heterocycles. The maximum absolute atomic E-state index is 14.4. The molecule has 1 heterocycles. The number of fused-ring (bicyclic) bond motifs is 1. The average Bonchev–Trinajstić information content (AvgIpc) is 2.83. The van der Waals surface area contributed by atoms with E-state index in [4.69, 9.17) is 21.3 Å². The molecule has 0 spiro atoms. The fourth-order valence-electron chi connectivity index (χ4n) is 3.89. The number of halogens is 2. The number of benzene rings is 3. The van der Waals surface area contributed by atoms with Gasteiger partial charge in [0.25, 0.3) is 11.5 Å². The number of hydrogen-bond donors (Lipinski definition) is 1. The number of thioether (sulfide) groups is 1. The molecule has 0 aliphatic rings. The zero-order valence-electron chi connectivity index (χ0n) is 20.1. The predicted molar refractivity (Wildman–Crippen MR) is 142 cm³/mol. The maximum atomic E-state index is 14.4. The van der Waals surface area contributed by atoms with E-state index in [0.717, 1.165) is 11.1 Å². The Morgan fingerprint density at radius 2 is 1.89 bits per heavy atom. The molecule has 6 nitrogen and oxygen atoms in total.